The molecule has 0 saturated heterocycles. The molecule has 0 spiro atoms. The van der Waals surface area contributed by atoms with Crippen molar-refractivity contribution in [3.8, 4) is 0 Å². The van der Waals surface area contributed by atoms with E-state index in [4.69, 9.17) is 0 Å². The van der Waals surface area contributed by atoms with Gasteiger partial charge >= 0.3 is 6.03 Å². The molecule has 0 unspecified atom stereocenters. The van der Waals surface area contributed by atoms with Crippen LogP contribution in [0.2, 0.25) is 0 Å². The molecule has 1 aliphatic rings. The van der Waals surface area contributed by atoms with Crippen LogP contribution in [0.25, 0.3) is 0 Å². The van der Waals surface area contributed by atoms with E-state index in [1.807, 2.05) is 38.1 Å². The Morgan fingerprint density at radius 3 is 2.88 bits per heavy atom. The summed E-state index contributed by atoms with van der Waals surface area (Å²) in [6.07, 6.45) is 4.11. The number of para-hydroxylation sites is 1. The summed E-state index contributed by atoms with van der Waals surface area (Å²) in [5.74, 6) is -0.116. The molecule has 7 nitrogen and oxygen atoms in total. The van der Waals surface area contributed by atoms with Gasteiger partial charge in [0.2, 0.25) is 5.91 Å². The van der Waals surface area contributed by atoms with Crippen LogP contribution >= 0.6 is 0 Å². The molecular weight excluding hydrogens is 318 g/mol. The second-order valence-electron chi connectivity index (χ2n) is 6.44. The van der Waals surface area contributed by atoms with E-state index in [0.717, 1.165) is 17.7 Å². The Kier molecular flexibility index (Phi) is 4.74. The average molecular weight is 341 g/mol. The van der Waals surface area contributed by atoms with Gasteiger partial charge in [0.25, 0.3) is 0 Å². The summed E-state index contributed by atoms with van der Waals surface area (Å²) in [5, 5.41) is 9.87. The molecule has 1 aromatic heterocycles. The molecule has 25 heavy (non-hydrogen) atoms. The molecule has 1 aromatic carbocycles. The van der Waals surface area contributed by atoms with Crippen molar-refractivity contribution in [2.75, 3.05) is 10.6 Å². The Morgan fingerprint density at radius 1 is 1.44 bits per heavy atom. The highest BCUT2D eigenvalue weighted by Crippen LogP contribution is 2.27. The largest absolute Gasteiger partial charge is 0.324 e. The van der Waals surface area contributed by atoms with Crippen LogP contribution < -0.4 is 10.6 Å². The summed E-state index contributed by atoms with van der Waals surface area (Å²) in [5.41, 5.74) is 2.29. The highest BCUT2D eigenvalue weighted by molar-refractivity contribution is 6.00. The Morgan fingerprint density at radius 2 is 2.20 bits per heavy atom. The average Bonchev–Trinajstić information content (AvgIpc) is 2.92. The maximum Gasteiger partial charge on any atom is 0.322 e. The lowest BCUT2D eigenvalue weighted by Gasteiger charge is -2.32. The maximum absolute atomic E-state index is 12.9. The van der Waals surface area contributed by atoms with Crippen LogP contribution in [0.1, 0.15) is 25.8 Å². The van der Waals surface area contributed by atoms with E-state index in [-0.39, 0.29) is 17.9 Å². The lowest BCUT2D eigenvalue weighted by atomic mass is 9.97. The molecule has 3 rings (SSSR count). The third-order valence-electron chi connectivity index (χ3n) is 4.62. The summed E-state index contributed by atoms with van der Waals surface area (Å²) >= 11 is 0. The number of aryl methyl sites for hydroxylation is 1. The molecule has 1 aliphatic heterocycles. The second-order valence-corrected chi connectivity index (χ2v) is 6.44. The van der Waals surface area contributed by atoms with Crippen LogP contribution in [0.4, 0.5) is 16.2 Å². The molecule has 132 valence electrons. The van der Waals surface area contributed by atoms with E-state index in [2.05, 4.69) is 15.7 Å². The van der Waals surface area contributed by atoms with Crippen molar-refractivity contribution in [1.29, 1.82) is 0 Å². The first-order valence-corrected chi connectivity index (χ1v) is 8.44. The quantitative estimate of drug-likeness (QED) is 0.901. The van der Waals surface area contributed by atoms with Gasteiger partial charge in [-0.2, -0.15) is 5.10 Å². The number of benzene rings is 1. The first kappa shape index (κ1) is 17.0. The number of hydrogen-bond donors (Lipinski definition) is 2. The Balaban J connectivity index is 1.93. The van der Waals surface area contributed by atoms with Crippen LogP contribution in [0.5, 0.6) is 0 Å². The van der Waals surface area contributed by atoms with Crippen molar-refractivity contribution in [2.24, 2.45) is 13.0 Å². The number of amides is 3. The molecule has 3 amide bonds. The lowest BCUT2D eigenvalue weighted by molar-refractivity contribution is -0.121. The van der Waals surface area contributed by atoms with Gasteiger partial charge in [0.15, 0.2) is 0 Å². The van der Waals surface area contributed by atoms with Gasteiger partial charge in [-0.05, 0) is 17.5 Å². The van der Waals surface area contributed by atoms with Crippen LogP contribution in [-0.4, -0.2) is 32.7 Å². The first-order chi connectivity index (χ1) is 12.0. The summed E-state index contributed by atoms with van der Waals surface area (Å²) < 4.78 is 1.62. The number of fused-ring (bicyclic) bond motifs is 1. The zero-order chi connectivity index (χ0) is 18.0. The molecular formula is C18H23N5O2. The molecule has 2 atom stereocenters. The summed E-state index contributed by atoms with van der Waals surface area (Å²) in [4.78, 5) is 27.3. The topological polar surface area (TPSA) is 79.3 Å². The van der Waals surface area contributed by atoms with E-state index in [0.29, 0.717) is 12.2 Å². The van der Waals surface area contributed by atoms with Crippen molar-refractivity contribution < 1.29 is 9.59 Å². The molecule has 0 fully saturated rings. The van der Waals surface area contributed by atoms with Gasteiger partial charge < -0.3 is 15.5 Å². The van der Waals surface area contributed by atoms with Crippen molar-refractivity contribution in [3.05, 3.63) is 42.2 Å². The number of rotatable bonds is 3. The van der Waals surface area contributed by atoms with Gasteiger partial charge in [0.05, 0.1) is 18.4 Å². The van der Waals surface area contributed by atoms with E-state index < -0.39 is 6.04 Å². The van der Waals surface area contributed by atoms with Gasteiger partial charge in [-0.1, -0.05) is 38.5 Å². The molecule has 2 aromatic rings. The summed E-state index contributed by atoms with van der Waals surface area (Å²) in [6.45, 7) is 4.38. The third kappa shape index (κ3) is 3.50. The smallest absolute Gasteiger partial charge is 0.322 e. The van der Waals surface area contributed by atoms with Crippen molar-refractivity contribution in [2.45, 2.75) is 32.9 Å². The van der Waals surface area contributed by atoms with E-state index in [1.165, 1.54) is 0 Å². The number of carbonyl (C=O) groups is 2. The zero-order valence-corrected chi connectivity index (χ0v) is 14.7. The Hall–Kier alpha value is -2.83. The highest BCUT2D eigenvalue weighted by atomic mass is 16.2. The fourth-order valence-corrected chi connectivity index (χ4v) is 3.08. The molecule has 0 saturated carbocycles. The number of hydrogen-bond acceptors (Lipinski definition) is 3. The molecule has 0 radical (unpaired) electrons. The molecule has 2 heterocycles. The standard InChI is InChI=1S/C18H23N5O2/c1-4-12(2)16-17(24)21-15-8-6-5-7-13(15)10-23(16)18(25)20-14-9-19-22(3)11-14/h5-9,11-12,16H,4,10H2,1-3H3,(H,20,25)(H,21,24)/t12-,16-/m0/s1. The number of aromatic nitrogens is 2. The predicted octanol–water partition coefficient (Wildman–Crippen LogP) is 2.82. The summed E-state index contributed by atoms with van der Waals surface area (Å²) in [7, 11) is 1.78. The number of carbonyl (C=O) groups excluding carboxylic acids is 2. The normalized spacial score (nSPS) is 18.1. The lowest BCUT2D eigenvalue weighted by Crippen LogP contribution is -2.50. The van der Waals surface area contributed by atoms with Gasteiger partial charge in [0.1, 0.15) is 6.04 Å². The molecule has 7 heteroatoms. The number of anilines is 2. The zero-order valence-electron chi connectivity index (χ0n) is 14.7. The van der Waals surface area contributed by atoms with Gasteiger partial charge in [-0.3, -0.25) is 9.48 Å². The van der Waals surface area contributed by atoms with Gasteiger partial charge in [-0.15, -0.1) is 0 Å². The number of nitrogens with one attached hydrogen (secondary N) is 2. The van der Waals surface area contributed by atoms with Crippen molar-refractivity contribution >= 4 is 23.3 Å². The summed E-state index contributed by atoms with van der Waals surface area (Å²) in [6, 6.07) is 6.75. The fraction of sp³-hybridized carbons (Fsp3) is 0.389. The minimum atomic E-state index is -0.533. The van der Waals surface area contributed by atoms with Crippen molar-refractivity contribution in [1.82, 2.24) is 14.7 Å². The third-order valence-corrected chi connectivity index (χ3v) is 4.62. The van der Waals surface area contributed by atoms with E-state index >= 15 is 0 Å². The van der Waals surface area contributed by atoms with Gasteiger partial charge in [-0.25, -0.2) is 4.79 Å². The molecule has 0 aliphatic carbocycles. The predicted molar refractivity (Wildman–Crippen MR) is 96.1 cm³/mol. The number of nitrogens with zero attached hydrogens (tertiary/aromatic N) is 3. The Bertz CT molecular complexity index is 785. The van der Waals surface area contributed by atoms with Crippen LogP contribution in [0.3, 0.4) is 0 Å². The molecule has 2 N–H and O–H groups in total. The van der Waals surface area contributed by atoms with Crippen LogP contribution in [-0.2, 0) is 18.4 Å². The minimum absolute atomic E-state index is 0.0361. The van der Waals surface area contributed by atoms with Gasteiger partial charge in [0, 0.05) is 18.9 Å². The van der Waals surface area contributed by atoms with Crippen LogP contribution in [0, 0.1) is 5.92 Å². The SMILES string of the molecule is CC[C@H](C)[C@H]1C(=O)Nc2ccccc2CN1C(=O)Nc1cnn(C)c1. The maximum atomic E-state index is 12.9. The monoisotopic (exact) mass is 341 g/mol. The Labute approximate surface area is 147 Å². The fourth-order valence-electron chi connectivity index (χ4n) is 3.08. The number of urea groups is 1. The molecule has 0 bridgehead atoms. The van der Waals surface area contributed by atoms with Crippen molar-refractivity contribution in [3.63, 3.8) is 0 Å². The second kappa shape index (κ2) is 6.96. The first-order valence-electron chi connectivity index (χ1n) is 8.44. The van der Waals surface area contributed by atoms with Crippen LogP contribution in [0.15, 0.2) is 36.7 Å². The van der Waals surface area contributed by atoms with E-state index in [9.17, 15) is 9.59 Å². The minimum Gasteiger partial charge on any atom is -0.324 e. The highest BCUT2D eigenvalue weighted by Gasteiger charge is 2.36. The van der Waals surface area contributed by atoms with E-state index in [1.54, 1.807) is 29.0 Å².